The molecule has 7 nitrogen and oxygen atoms in total. The molecule has 2 N–H and O–H groups in total. The number of amides is 1. The van der Waals surface area contributed by atoms with Gasteiger partial charge in [-0.25, -0.2) is 0 Å². The van der Waals surface area contributed by atoms with E-state index < -0.39 is 0 Å². The number of ether oxygens (including phenoxy) is 1. The van der Waals surface area contributed by atoms with Crippen molar-refractivity contribution in [2.75, 3.05) is 17.7 Å². The molecule has 2 aromatic carbocycles. The number of rotatable bonds is 6. The van der Waals surface area contributed by atoms with Crippen LogP contribution in [0, 0.1) is 0 Å². The molecule has 0 radical (unpaired) electrons. The molecule has 0 spiro atoms. The van der Waals surface area contributed by atoms with Crippen molar-refractivity contribution in [1.82, 2.24) is 14.6 Å². The second kappa shape index (κ2) is 8.02. The summed E-state index contributed by atoms with van der Waals surface area (Å²) in [6.07, 6.45) is 1.69. The molecule has 7 heteroatoms. The molecule has 0 aliphatic heterocycles. The number of methoxy groups -OCH3 is 1. The van der Waals surface area contributed by atoms with Crippen LogP contribution in [0.4, 0.5) is 11.5 Å². The normalized spacial score (nSPS) is 10.7. The fourth-order valence-electron chi connectivity index (χ4n) is 3.25. The summed E-state index contributed by atoms with van der Waals surface area (Å²) in [5.74, 6) is 1.63. The number of aromatic nitrogens is 3. The summed E-state index contributed by atoms with van der Waals surface area (Å²) < 4.78 is 7.34. The lowest BCUT2D eigenvalue weighted by Crippen LogP contribution is -2.06. The maximum atomic E-state index is 11.2. The Morgan fingerprint density at radius 3 is 2.62 bits per heavy atom. The van der Waals surface area contributed by atoms with Crippen molar-refractivity contribution in [3.63, 3.8) is 0 Å². The summed E-state index contributed by atoms with van der Waals surface area (Å²) >= 11 is 0. The van der Waals surface area contributed by atoms with Crippen LogP contribution in [0.5, 0.6) is 5.75 Å². The van der Waals surface area contributed by atoms with E-state index in [1.807, 2.05) is 65.1 Å². The van der Waals surface area contributed by atoms with Crippen LogP contribution in [0.1, 0.15) is 12.5 Å². The van der Waals surface area contributed by atoms with E-state index >= 15 is 0 Å². The van der Waals surface area contributed by atoms with Crippen LogP contribution < -0.4 is 15.4 Å². The van der Waals surface area contributed by atoms with Crippen LogP contribution in [0.2, 0.25) is 0 Å². The number of hydrogen-bond acceptors (Lipinski definition) is 5. The molecule has 1 amide bonds. The molecular weight excluding hydrogens is 366 g/mol. The maximum absolute atomic E-state index is 11.2. The van der Waals surface area contributed by atoms with Gasteiger partial charge in [-0.15, -0.1) is 10.2 Å². The Balaban J connectivity index is 1.61. The van der Waals surface area contributed by atoms with Gasteiger partial charge in [0.25, 0.3) is 0 Å². The average Bonchev–Trinajstić information content (AvgIpc) is 3.23. The molecule has 29 heavy (non-hydrogen) atoms. The lowest BCUT2D eigenvalue weighted by Gasteiger charge is -2.13. The highest BCUT2D eigenvalue weighted by Gasteiger charge is 2.11. The lowest BCUT2D eigenvalue weighted by molar-refractivity contribution is -0.114. The number of hydrogen-bond donors (Lipinski definition) is 2. The Hall–Kier alpha value is -3.87. The van der Waals surface area contributed by atoms with Gasteiger partial charge in [0.2, 0.25) is 5.91 Å². The smallest absolute Gasteiger partial charge is 0.221 e. The summed E-state index contributed by atoms with van der Waals surface area (Å²) in [6.45, 7) is 2.10. The van der Waals surface area contributed by atoms with Crippen molar-refractivity contribution in [3.05, 3.63) is 72.6 Å². The van der Waals surface area contributed by atoms with Gasteiger partial charge in [-0.3, -0.25) is 9.20 Å². The van der Waals surface area contributed by atoms with Crippen molar-refractivity contribution in [1.29, 1.82) is 0 Å². The third-order valence-corrected chi connectivity index (χ3v) is 4.62. The molecule has 2 aromatic heterocycles. The Bertz CT molecular complexity index is 1150. The van der Waals surface area contributed by atoms with Gasteiger partial charge >= 0.3 is 0 Å². The van der Waals surface area contributed by atoms with Crippen LogP contribution in [0.15, 0.2) is 67.0 Å². The first-order chi connectivity index (χ1) is 14.2. The Labute approximate surface area is 168 Å². The third kappa shape index (κ3) is 3.89. The average molecular weight is 387 g/mol. The number of carbonyl (C=O) groups is 1. The largest absolute Gasteiger partial charge is 0.496 e. The number of fused-ring (bicyclic) bond motifs is 1. The highest BCUT2D eigenvalue weighted by atomic mass is 16.5. The second-order valence-electron chi connectivity index (χ2n) is 6.58. The van der Waals surface area contributed by atoms with Crippen molar-refractivity contribution >= 4 is 23.1 Å². The Morgan fingerprint density at radius 1 is 1.07 bits per heavy atom. The van der Waals surface area contributed by atoms with Crippen molar-refractivity contribution in [2.24, 2.45) is 0 Å². The molecule has 0 aliphatic carbocycles. The number of para-hydroxylation sites is 1. The van der Waals surface area contributed by atoms with Crippen LogP contribution in [0.3, 0.4) is 0 Å². The van der Waals surface area contributed by atoms with Crippen LogP contribution in [-0.4, -0.2) is 27.6 Å². The van der Waals surface area contributed by atoms with Crippen molar-refractivity contribution in [3.8, 4) is 16.9 Å². The number of anilines is 2. The van der Waals surface area contributed by atoms with E-state index in [1.54, 1.807) is 13.4 Å². The van der Waals surface area contributed by atoms with E-state index in [0.29, 0.717) is 6.54 Å². The van der Waals surface area contributed by atoms with Crippen LogP contribution in [-0.2, 0) is 11.3 Å². The monoisotopic (exact) mass is 387 g/mol. The van der Waals surface area contributed by atoms with E-state index in [9.17, 15) is 4.79 Å². The van der Waals surface area contributed by atoms with E-state index in [2.05, 4.69) is 20.8 Å². The molecule has 2 heterocycles. The van der Waals surface area contributed by atoms with E-state index in [4.69, 9.17) is 4.74 Å². The summed E-state index contributed by atoms with van der Waals surface area (Å²) in [6, 6.07) is 19.6. The molecular formula is C22H21N5O2. The zero-order chi connectivity index (χ0) is 20.2. The first kappa shape index (κ1) is 18.5. The zero-order valence-corrected chi connectivity index (χ0v) is 16.2. The fraction of sp³-hybridized carbons (Fsp3) is 0.136. The molecule has 0 fully saturated rings. The van der Waals surface area contributed by atoms with Crippen LogP contribution >= 0.6 is 0 Å². The maximum Gasteiger partial charge on any atom is 0.221 e. The molecule has 146 valence electrons. The molecule has 4 aromatic rings. The fourth-order valence-corrected chi connectivity index (χ4v) is 3.25. The Morgan fingerprint density at radius 2 is 1.86 bits per heavy atom. The van der Waals surface area contributed by atoms with Gasteiger partial charge in [-0.1, -0.05) is 30.3 Å². The third-order valence-electron chi connectivity index (χ3n) is 4.62. The topological polar surface area (TPSA) is 80.5 Å². The standard InChI is InChI=1S/C22H21N5O2/c1-15(28)25-18-9-7-16(8-10-18)19-11-12-21(27-14-24-26-22(19)27)23-13-17-5-3-4-6-20(17)29-2/h3-12,14,23H,13H2,1-2H3,(H,25,28). The number of carbonyl (C=O) groups excluding carboxylic acids is 1. The quantitative estimate of drug-likeness (QED) is 0.523. The molecule has 4 rings (SSSR count). The van der Waals surface area contributed by atoms with Gasteiger partial charge in [-0.2, -0.15) is 0 Å². The lowest BCUT2D eigenvalue weighted by atomic mass is 10.1. The number of pyridine rings is 1. The number of nitrogens with one attached hydrogen (secondary N) is 2. The summed E-state index contributed by atoms with van der Waals surface area (Å²) in [4.78, 5) is 11.2. The molecule has 0 aliphatic rings. The van der Waals surface area contributed by atoms with Gasteiger partial charge in [-0.05, 0) is 35.9 Å². The van der Waals surface area contributed by atoms with Gasteiger partial charge in [0.05, 0.1) is 7.11 Å². The summed E-state index contributed by atoms with van der Waals surface area (Å²) in [5, 5.41) is 14.6. The minimum atomic E-state index is -0.0944. The van der Waals surface area contributed by atoms with E-state index in [-0.39, 0.29) is 5.91 Å². The molecule has 0 atom stereocenters. The predicted octanol–water partition coefficient (Wildman–Crippen LogP) is 3.98. The van der Waals surface area contributed by atoms with Crippen molar-refractivity contribution < 1.29 is 9.53 Å². The molecule has 0 bridgehead atoms. The first-order valence-corrected chi connectivity index (χ1v) is 9.22. The van der Waals surface area contributed by atoms with Gasteiger partial charge in [0.1, 0.15) is 17.9 Å². The zero-order valence-electron chi connectivity index (χ0n) is 16.2. The van der Waals surface area contributed by atoms with E-state index in [0.717, 1.165) is 39.6 Å². The first-order valence-electron chi connectivity index (χ1n) is 9.22. The summed E-state index contributed by atoms with van der Waals surface area (Å²) in [5.41, 5.74) is 4.53. The highest BCUT2D eigenvalue weighted by Crippen LogP contribution is 2.28. The Kier molecular flexibility index (Phi) is 5.11. The predicted molar refractivity (Wildman–Crippen MR) is 113 cm³/mol. The van der Waals surface area contributed by atoms with E-state index in [1.165, 1.54) is 6.92 Å². The van der Waals surface area contributed by atoms with Gasteiger partial charge in [0.15, 0.2) is 5.65 Å². The van der Waals surface area contributed by atoms with Crippen LogP contribution in [0.25, 0.3) is 16.8 Å². The molecule has 0 saturated carbocycles. The second-order valence-corrected chi connectivity index (χ2v) is 6.58. The highest BCUT2D eigenvalue weighted by molar-refractivity contribution is 5.89. The number of benzene rings is 2. The molecule has 0 saturated heterocycles. The van der Waals surface area contributed by atoms with Crippen molar-refractivity contribution in [2.45, 2.75) is 13.5 Å². The SMILES string of the molecule is COc1ccccc1CNc1ccc(-c2ccc(NC(C)=O)cc2)c2nncn12. The van der Waals surface area contributed by atoms with Gasteiger partial charge < -0.3 is 15.4 Å². The number of nitrogens with zero attached hydrogens (tertiary/aromatic N) is 3. The minimum absolute atomic E-state index is 0.0944. The van der Waals surface area contributed by atoms with Gasteiger partial charge in [0, 0.05) is 30.3 Å². The minimum Gasteiger partial charge on any atom is -0.496 e. The molecule has 0 unspecified atom stereocenters. The summed E-state index contributed by atoms with van der Waals surface area (Å²) in [7, 11) is 1.67.